The minimum Gasteiger partial charge on any atom is -0.496 e. The van der Waals surface area contributed by atoms with Gasteiger partial charge in [0.2, 0.25) is 0 Å². The highest BCUT2D eigenvalue weighted by Crippen LogP contribution is 2.35. The van der Waals surface area contributed by atoms with Crippen molar-refractivity contribution >= 4 is 15.9 Å². The van der Waals surface area contributed by atoms with E-state index in [0.29, 0.717) is 22.8 Å². The lowest BCUT2D eigenvalue weighted by Gasteiger charge is -2.16. The molecule has 5 nitrogen and oxygen atoms in total. The molecule has 1 N–H and O–H groups in total. The fourth-order valence-corrected chi connectivity index (χ4v) is 2.29. The Hall–Kier alpha value is -1.53. The van der Waals surface area contributed by atoms with Gasteiger partial charge in [0.05, 0.1) is 20.4 Å². The number of aryl methyl sites for hydroxylation is 1. The molecule has 1 atom stereocenters. The quantitative estimate of drug-likeness (QED) is 0.936. The summed E-state index contributed by atoms with van der Waals surface area (Å²) in [5, 5.41) is 14.6. The normalized spacial score (nSPS) is 12.3. The molecule has 0 radical (unpaired) electrons. The Morgan fingerprint density at radius 2 is 1.95 bits per heavy atom. The first kappa shape index (κ1) is 13.9. The Morgan fingerprint density at radius 3 is 2.58 bits per heavy atom. The molecule has 0 amide bonds. The lowest BCUT2D eigenvalue weighted by atomic mass is 10.0. The van der Waals surface area contributed by atoms with Crippen LogP contribution in [0.15, 0.2) is 28.9 Å². The van der Waals surface area contributed by atoms with Gasteiger partial charge in [-0.3, -0.25) is 4.68 Å². The number of halogens is 1. The maximum Gasteiger partial charge on any atom is 0.162 e. The van der Waals surface area contributed by atoms with Crippen LogP contribution in [0.1, 0.15) is 17.4 Å². The van der Waals surface area contributed by atoms with Gasteiger partial charge in [-0.25, -0.2) is 0 Å². The van der Waals surface area contributed by atoms with Gasteiger partial charge >= 0.3 is 0 Å². The zero-order valence-corrected chi connectivity index (χ0v) is 12.5. The van der Waals surface area contributed by atoms with Gasteiger partial charge in [0, 0.05) is 17.1 Å². The number of methoxy groups -OCH3 is 2. The van der Waals surface area contributed by atoms with Crippen LogP contribution in [0.2, 0.25) is 0 Å². The van der Waals surface area contributed by atoms with Crippen molar-refractivity contribution in [1.29, 1.82) is 0 Å². The first-order chi connectivity index (χ1) is 9.08. The third-order valence-electron chi connectivity index (χ3n) is 2.92. The second kappa shape index (κ2) is 5.63. The Kier molecular flexibility index (Phi) is 4.11. The predicted octanol–water partition coefficient (Wildman–Crippen LogP) is 2.28. The monoisotopic (exact) mass is 326 g/mol. The molecule has 6 heteroatoms. The Bertz CT molecular complexity index is 583. The molecular weight excluding hydrogens is 312 g/mol. The number of benzene rings is 1. The molecule has 19 heavy (non-hydrogen) atoms. The van der Waals surface area contributed by atoms with Crippen LogP contribution in [0.25, 0.3) is 0 Å². The molecule has 1 heterocycles. The molecule has 0 spiro atoms. The molecule has 1 aromatic carbocycles. The predicted molar refractivity (Wildman–Crippen MR) is 74.5 cm³/mol. The molecule has 0 fully saturated rings. The minimum atomic E-state index is -0.870. The summed E-state index contributed by atoms with van der Waals surface area (Å²) in [5.74, 6) is 1.14. The largest absolute Gasteiger partial charge is 0.496 e. The number of hydrogen-bond donors (Lipinski definition) is 1. The molecule has 0 saturated heterocycles. The van der Waals surface area contributed by atoms with E-state index in [1.165, 1.54) is 0 Å². The summed E-state index contributed by atoms with van der Waals surface area (Å²) in [4.78, 5) is 0. The van der Waals surface area contributed by atoms with Gasteiger partial charge < -0.3 is 14.6 Å². The number of nitrogens with zero attached hydrogens (tertiary/aromatic N) is 2. The fourth-order valence-electron chi connectivity index (χ4n) is 1.95. The first-order valence-corrected chi connectivity index (χ1v) is 6.45. The summed E-state index contributed by atoms with van der Waals surface area (Å²) in [5.41, 5.74) is 1.25. The first-order valence-electron chi connectivity index (χ1n) is 5.66. The molecule has 1 aromatic heterocycles. The van der Waals surface area contributed by atoms with Crippen LogP contribution in [0, 0.1) is 0 Å². The number of aliphatic hydroxyl groups excluding tert-OH is 1. The fraction of sp³-hybridized carbons (Fsp3) is 0.308. The molecule has 0 bridgehead atoms. The average Bonchev–Trinajstić information content (AvgIpc) is 2.78. The van der Waals surface area contributed by atoms with E-state index in [2.05, 4.69) is 21.0 Å². The van der Waals surface area contributed by atoms with Gasteiger partial charge in [-0.05, 0) is 12.1 Å². The number of hydrogen-bond acceptors (Lipinski definition) is 4. The number of aromatic nitrogens is 2. The molecule has 0 aliphatic carbocycles. The lowest BCUT2D eigenvalue weighted by molar-refractivity contribution is 0.199. The summed E-state index contributed by atoms with van der Waals surface area (Å²) in [6.45, 7) is 0. The summed E-state index contributed by atoms with van der Waals surface area (Å²) < 4.78 is 13.0. The van der Waals surface area contributed by atoms with Crippen molar-refractivity contribution in [3.05, 3.63) is 40.1 Å². The van der Waals surface area contributed by atoms with Crippen LogP contribution in [0.5, 0.6) is 11.5 Å². The van der Waals surface area contributed by atoms with Crippen LogP contribution in [0.3, 0.4) is 0 Å². The lowest BCUT2D eigenvalue weighted by Crippen LogP contribution is -2.09. The molecule has 0 saturated carbocycles. The van der Waals surface area contributed by atoms with Crippen LogP contribution in [-0.2, 0) is 7.05 Å². The molecule has 1 unspecified atom stereocenters. The molecule has 2 rings (SSSR count). The van der Waals surface area contributed by atoms with Gasteiger partial charge in [0.15, 0.2) is 5.75 Å². The topological polar surface area (TPSA) is 56.5 Å². The molecule has 0 aliphatic heterocycles. The van der Waals surface area contributed by atoms with E-state index in [0.717, 1.165) is 4.47 Å². The van der Waals surface area contributed by atoms with Crippen molar-refractivity contribution in [2.75, 3.05) is 14.2 Å². The smallest absolute Gasteiger partial charge is 0.162 e. The Balaban J connectivity index is 2.49. The van der Waals surface area contributed by atoms with Crippen LogP contribution >= 0.6 is 15.9 Å². The average molecular weight is 327 g/mol. The standard InChI is InChI=1S/C13H15BrN2O3/c1-16-12(11(19-3)7-15-16)13(17)9-5-4-8(14)6-10(9)18-2/h4-7,13,17H,1-3H3. The van der Waals surface area contributed by atoms with Crippen molar-refractivity contribution in [2.24, 2.45) is 7.05 Å². The van der Waals surface area contributed by atoms with Gasteiger partial charge in [-0.15, -0.1) is 0 Å². The van der Waals surface area contributed by atoms with E-state index in [9.17, 15) is 5.11 Å². The third-order valence-corrected chi connectivity index (χ3v) is 3.41. The van der Waals surface area contributed by atoms with Crippen molar-refractivity contribution in [3.63, 3.8) is 0 Å². The van der Waals surface area contributed by atoms with E-state index in [1.807, 2.05) is 6.07 Å². The van der Waals surface area contributed by atoms with E-state index < -0.39 is 6.10 Å². The highest BCUT2D eigenvalue weighted by Gasteiger charge is 2.23. The van der Waals surface area contributed by atoms with Crippen molar-refractivity contribution < 1.29 is 14.6 Å². The zero-order chi connectivity index (χ0) is 14.0. The number of rotatable bonds is 4. The minimum absolute atomic E-state index is 0.542. The molecule has 2 aromatic rings. The number of aliphatic hydroxyl groups is 1. The maximum atomic E-state index is 10.5. The molecule has 102 valence electrons. The highest BCUT2D eigenvalue weighted by atomic mass is 79.9. The van der Waals surface area contributed by atoms with E-state index in [4.69, 9.17) is 9.47 Å². The van der Waals surface area contributed by atoms with Crippen molar-refractivity contribution in [2.45, 2.75) is 6.10 Å². The highest BCUT2D eigenvalue weighted by molar-refractivity contribution is 9.10. The van der Waals surface area contributed by atoms with Crippen molar-refractivity contribution in [1.82, 2.24) is 9.78 Å². The Labute approximate surface area is 119 Å². The summed E-state index contributed by atoms with van der Waals surface area (Å²) >= 11 is 3.37. The van der Waals surface area contributed by atoms with E-state index in [1.54, 1.807) is 44.3 Å². The SMILES string of the molecule is COc1cc(Br)ccc1C(O)c1c(OC)cnn1C. The number of ether oxygens (including phenoxy) is 2. The van der Waals surface area contributed by atoms with Crippen molar-refractivity contribution in [3.8, 4) is 11.5 Å². The second-order valence-electron chi connectivity index (χ2n) is 4.01. The van der Waals surface area contributed by atoms with E-state index in [-0.39, 0.29) is 0 Å². The van der Waals surface area contributed by atoms with Crippen LogP contribution < -0.4 is 9.47 Å². The van der Waals surface area contributed by atoms with Crippen LogP contribution in [-0.4, -0.2) is 29.1 Å². The van der Waals surface area contributed by atoms with Crippen LogP contribution in [0.4, 0.5) is 0 Å². The maximum absolute atomic E-state index is 10.5. The van der Waals surface area contributed by atoms with Gasteiger partial charge in [0.25, 0.3) is 0 Å². The second-order valence-corrected chi connectivity index (χ2v) is 4.93. The van der Waals surface area contributed by atoms with Gasteiger partial charge in [-0.1, -0.05) is 22.0 Å². The van der Waals surface area contributed by atoms with Gasteiger partial charge in [0.1, 0.15) is 17.5 Å². The zero-order valence-electron chi connectivity index (χ0n) is 10.9. The van der Waals surface area contributed by atoms with Gasteiger partial charge in [-0.2, -0.15) is 5.10 Å². The summed E-state index contributed by atoms with van der Waals surface area (Å²) in [7, 11) is 4.87. The molecular formula is C13H15BrN2O3. The third kappa shape index (κ3) is 2.59. The molecule has 0 aliphatic rings. The Morgan fingerprint density at radius 1 is 1.26 bits per heavy atom. The summed E-state index contributed by atoms with van der Waals surface area (Å²) in [6.07, 6.45) is 0.703. The summed E-state index contributed by atoms with van der Waals surface area (Å²) in [6, 6.07) is 5.46. The van der Waals surface area contributed by atoms with E-state index >= 15 is 0 Å².